The topological polar surface area (TPSA) is 122 Å². The van der Waals surface area contributed by atoms with Gasteiger partial charge in [0.05, 0.1) is 23.4 Å². The van der Waals surface area contributed by atoms with Crippen molar-refractivity contribution in [3.8, 4) is 29.7 Å². The Hall–Kier alpha value is -3.51. The molecular formula is C22H18ClN5O3. The number of nitrogens with zero attached hydrogens (tertiary/aromatic N) is 4. The van der Waals surface area contributed by atoms with Crippen LogP contribution in [0.1, 0.15) is 11.5 Å². The van der Waals surface area contributed by atoms with Crippen LogP contribution in [0.2, 0.25) is 0 Å². The molecule has 0 bridgehead atoms. The van der Waals surface area contributed by atoms with Gasteiger partial charge in [0.2, 0.25) is 12.7 Å². The lowest BCUT2D eigenvalue weighted by Crippen LogP contribution is -2.49. The summed E-state index contributed by atoms with van der Waals surface area (Å²) in [6.45, 7) is 1.24. The number of carbonyl (C=O) groups excluding carboxylic acids is 1. The molecule has 1 N–H and O–H groups in total. The number of hydrogen-bond donors (Lipinski definition) is 1. The van der Waals surface area contributed by atoms with Gasteiger partial charge in [-0.05, 0) is 30.3 Å². The summed E-state index contributed by atoms with van der Waals surface area (Å²) in [4.78, 5) is 14.3. The quantitative estimate of drug-likeness (QED) is 0.721. The first-order chi connectivity index (χ1) is 15.0. The van der Waals surface area contributed by atoms with Crippen LogP contribution < -0.4 is 14.8 Å². The first-order valence-electron chi connectivity index (χ1n) is 9.60. The second-order valence-corrected chi connectivity index (χ2v) is 7.92. The Morgan fingerprint density at radius 3 is 2.71 bits per heavy atom. The highest BCUT2D eigenvalue weighted by Gasteiger charge is 2.55. The number of benzene rings is 1. The van der Waals surface area contributed by atoms with Gasteiger partial charge in [0, 0.05) is 24.9 Å². The zero-order valence-corrected chi connectivity index (χ0v) is 17.4. The van der Waals surface area contributed by atoms with Crippen LogP contribution in [0.3, 0.4) is 0 Å². The van der Waals surface area contributed by atoms with Crippen LogP contribution >= 0.6 is 11.6 Å². The minimum Gasteiger partial charge on any atom is -0.454 e. The normalized spacial score (nSPS) is 23.6. The molecule has 8 nitrogen and oxygen atoms in total. The van der Waals surface area contributed by atoms with Crippen LogP contribution in [-0.2, 0) is 4.79 Å². The van der Waals surface area contributed by atoms with Crippen LogP contribution in [-0.4, -0.2) is 43.6 Å². The molecule has 2 heterocycles. The molecule has 1 amide bonds. The summed E-state index contributed by atoms with van der Waals surface area (Å²) in [5, 5.41) is 33.2. The molecule has 0 unspecified atom stereocenters. The predicted octanol–water partition coefficient (Wildman–Crippen LogP) is 2.17. The predicted molar refractivity (Wildman–Crippen MR) is 110 cm³/mol. The molecule has 0 saturated carbocycles. The van der Waals surface area contributed by atoms with Crippen molar-refractivity contribution in [1.29, 1.82) is 15.8 Å². The molecule has 2 aliphatic heterocycles. The average molecular weight is 436 g/mol. The van der Waals surface area contributed by atoms with Crippen molar-refractivity contribution in [2.24, 2.45) is 11.3 Å². The van der Waals surface area contributed by atoms with E-state index in [1.807, 2.05) is 13.1 Å². The number of carbonyl (C=O) groups is 1. The highest BCUT2D eigenvalue weighted by atomic mass is 35.5. The summed E-state index contributed by atoms with van der Waals surface area (Å²) in [6, 6.07) is 11.7. The molecule has 9 heteroatoms. The molecule has 1 aliphatic carbocycles. The van der Waals surface area contributed by atoms with Crippen molar-refractivity contribution in [1.82, 2.24) is 10.2 Å². The van der Waals surface area contributed by atoms with Crippen LogP contribution in [0.5, 0.6) is 11.5 Å². The molecule has 1 aromatic rings. The minimum absolute atomic E-state index is 0.0135. The Kier molecular flexibility index (Phi) is 5.33. The van der Waals surface area contributed by atoms with E-state index in [0.29, 0.717) is 35.7 Å². The zero-order chi connectivity index (χ0) is 22.2. The Morgan fingerprint density at radius 2 is 2.03 bits per heavy atom. The molecule has 0 aromatic heterocycles. The number of alkyl halides is 1. The van der Waals surface area contributed by atoms with Gasteiger partial charge >= 0.3 is 0 Å². The van der Waals surface area contributed by atoms with E-state index >= 15 is 0 Å². The van der Waals surface area contributed by atoms with E-state index in [0.717, 1.165) is 0 Å². The molecular weight excluding hydrogens is 418 g/mol. The van der Waals surface area contributed by atoms with Gasteiger partial charge < -0.3 is 19.7 Å². The van der Waals surface area contributed by atoms with Gasteiger partial charge in [-0.25, -0.2) is 0 Å². The van der Waals surface area contributed by atoms with Gasteiger partial charge in [0.25, 0.3) is 0 Å². The molecule has 4 rings (SSSR count). The number of halogens is 1. The fourth-order valence-electron chi connectivity index (χ4n) is 4.60. The SMILES string of the molecule is CN1CC=C2C(C#N)=C(NC(=O)CCl)C(C#N)(C#N)[C@H](c3ccc4c(c3)OCO4)[C@H]2C1. The Labute approximate surface area is 184 Å². The minimum atomic E-state index is -1.80. The van der Waals surface area contributed by atoms with Crippen molar-refractivity contribution in [3.63, 3.8) is 0 Å². The molecule has 0 fully saturated rings. The van der Waals surface area contributed by atoms with Crippen LogP contribution in [0.15, 0.2) is 41.1 Å². The van der Waals surface area contributed by atoms with E-state index in [-0.39, 0.29) is 29.9 Å². The van der Waals surface area contributed by atoms with Gasteiger partial charge in [-0.3, -0.25) is 4.79 Å². The van der Waals surface area contributed by atoms with Gasteiger partial charge in [0.15, 0.2) is 16.9 Å². The molecule has 31 heavy (non-hydrogen) atoms. The fraction of sp³-hybridized carbons (Fsp3) is 0.364. The summed E-state index contributed by atoms with van der Waals surface area (Å²) < 4.78 is 10.9. The number of allylic oxidation sites excluding steroid dienone is 2. The molecule has 0 saturated heterocycles. The summed E-state index contributed by atoms with van der Waals surface area (Å²) in [5.41, 5.74) is -0.264. The van der Waals surface area contributed by atoms with E-state index in [9.17, 15) is 20.6 Å². The third-order valence-electron chi connectivity index (χ3n) is 5.94. The molecule has 1 aromatic carbocycles. The Bertz CT molecular complexity index is 1120. The molecule has 3 aliphatic rings. The van der Waals surface area contributed by atoms with Crippen molar-refractivity contribution in [3.05, 3.63) is 46.7 Å². The number of hydrogen-bond acceptors (Lipinski definition) is 7. The number of nitriles is 3. The Morgan fingerprint density at radius 1 is 1.29 bits per heavy atom. The highest BCUT2D eigenvalue weighted by Crippen LogP contribution is 2.55. The first-order valence-corrected chi connectivity index (χ1v) is 10.1. The maximum atomic E-state index is 12.2. The monoisotopic (exact) mass is 435 g/mol. The first kappa shape index (κ1) is 20.8. The molecule has 2 atom stereocenters. The lowest BCUT2D eigenvalue weighted by molar-refractivity contribution is -0.118. The second-order valence-electron chi connectivity index (χ2n) is 7.65. The summed E-state index contributed by atoms with van der Waals surface area (Å²) in [5.74, 6) is -0.818. The van der Waals surface area contributed by atoms with Crippen LogP contribution in [0.25, 0.3) is 0 Å². The van der Waals surface area contributed by atoms with Crippen molar-refractivity contribution < 1.29 is 14.3 Å². The highest BCUT2D eigenvalue weighted by molar-refractivity contribution is 6.27. The van der Waals surface area contributed by atoms with E-state index < -0.39 is 17.2 Å². The van der Waals surface area contributed by atoms with E-state index in [1.165, 1.54) is 0 Å². The number of likely N-dealkylation sites (N-methyl/N-ethyl adjacent to an activating group) is 1. The molecule has 0 radical (unpaired) electrons. The lowest BCUT2D eigenvalue weighted by Gasteiger charge is -2.45. The largest absolute Gasteiger partial charge is 0.454 e. The van der Waals surface area contributed by atoms with Gasteiger partial charge in [0.1, 0.15) is 11.9 Å². The number of nitrogens with one attached hydrogen (secondary N) is 1. The standard InChI is InChI=1S/C22H18ClN5O3/c1-28-5-4-14-15(8-24)21(27-19(29)7-23)22(10-25,11-26)20(16(14)9-28)13-2-3-17-18(6-13)31-12-30-17/h2-4,6,16,20H,5,7,9,12H2,1H3,(H,27,29)/t16-,20+/m0/s1. The second kappa shape index (κ2) is 7.96. The fourth-order valence-corrected chi connectivity index (χ4v) is 4.67. The molecule has 156 valence electrons. The maximum Gasteiger partial charge on any atom is 0.239 e. The Balaban J connectivity index is 1.99. The van der Waals surface area contributed by atoms with Crippen molar-refractivity contribution in [2.45, 2.75) is 5.92 Å². The number of ether oxygens (including phenoxy) is 2. The number of amides is 1. The average Bonchev–Trinajstić information content (AvgIpc) is 3.26. The van der Waals surface area contributed by atoms with Crippen molar-refractivity contribution >= 4 is 17.5 Å². The lowest BCUT2D eigenvalue weighted by atomic mass is 9.58. The number of rotatable bonds is 3. The summed E-state index contributed by atoms with van der Waals surface area (Å²) >= 11 is 5.68. The van der Waals surface area contributed by atoms with E-state index in [1.54, 1.807) is 18.2 Å². The summed E-state index contributed by atoms with van der Waals surface area (Å²) in [7, 11) is 1.94. The maximum absolute atomic E-state index is 12.2. The third-order valence-corrected chi connectivity index (χ3v) is 6.18. The van der Waals surface area contributed by atoms with E-state index in [2.05, 4.69) is 28.4 Å². The zero-order valence-electron chi connectivity index (χ0n) is 16.7. The van der Waals surface area contributed by atoms with Crippen LogP contribution in [0, 0.1) is 45.3 Å². The molecule has 0 spiro atoms. The van der Waals surface area contributed by atoms with E-state index in [4.69, 9.17) is 21.1 Å². The smallest absolute Gasteiger partial charge is 0.239 e. The van der Waals surface area contributed by atoms with Crippen molar-refractivity contribution in [2.75, 3.05) is 32.8 Å². The van der Waals surface area contributed by atoms with Gasteiger partial charge in [-0.2, -0.15) is 15.8 Å². The van der Waals surface area contributed by atoms with Gasteiger partial charge in [-0.1, -0.05) is 12.1 Å². The van der Waals surface area contributed by atoms with Crippen LogP contribution in [0.4, 0.5) is 0 Å². The summed E-state index contributed by atoms with van der Waals surface area (Å²) in [6.07, 6.45) is 1.91. The third kappa shape index (κ3) is 3.20. The van der Waals surface area contributed by atoms with Gasteiger partial charge in [-0.15, -0.1) is 11.6 Å². The number of fused-ring (bicyclic) bond motifs is 2.